The maximum atomic E-state index is 6.54. The topological polar surface area (TPSA) is 97.3 Å². The number of nitrogen functional groups attached to an aromatic ring is 1. The zero-order valence-corrected chi connectivity index (χ0v) is 19.1. The molecule has 9 heteroatoms. The number of rotatable bonds is 6. The standard InChI is InChI=1S/C18H31N5O3Si/c1-6-18(7-2,26-27)14-11(25-17(3,4)5)8-12(24-14)23-10-22-13-15(19)20-9-21-16(13)23/h9-12,14H,6-8H2,1-5,27H3,(H2,19,20,21)/t11-,12+,14-/m0/s1. The molecule has 1 aliphatic rings. The molecular formula is C18H31N5O3Si. The fraction of sp³-hybridized carbons (Fsp3) is 0.722. The number of fused-ring (bicyclic) bond motifs is 1. The van der Waals surface area contributed by atoms with Crippen molar-refractivity contribution in [1.29, 1.82) is 0 Å². The van der Waals surface area contributed by atoms with Gasteiger partial charge in [-0.3, -0.25) is 4.57 Å². The van der Waals surface area contributed by atoms with Gasteiger partial charge in [-0.2, -0.15) is 0 Å². The lowest BCUT2D eigenvalue weighted by molar-refractivity contribution is -0.159. The Morgan fingerprint density at radius 2 is 1.96 bits per heavy atom. The van der Waals surface area contributed by atoms with E-state index in [1.807, 2.05) is 4.57 Å². The van der Waals surface area contributed by atoms with Crippen LogP contribution in [0.4, 0.5) is 5.82 Å². The maximum absolute atomic E-state index is 6.54. The van der Waals surface area contributed by atoms with Crippen LogP contribution < -0.4 is 5.73 Å². The molecule has 0 unspecified atom stereocenters. The Balaban J connectivity index is 1.98. The molecule has 3 atom stereocenters. The third kappa shape index (κ3) is 3.73. The molecule has 0 radical (unpaired) electrons. The molecule has 0 amide bonds. The van der Waals surface area contributed by atoms with Crippen LogP contribution in [0.3, 0.4) is 0 Å². The number of anilines is 1. The molecule has 3 rings (SSSR count). The fourth-order valence-electron chi connectivity index (χ4n) is 3.98. The number of imidazole rings is 1. The minimum absolute atomic E-state index is 0.0829. The Kier molecular flexibility index (Phi) is 5.58. The molecule has 1 saturated heterocycles. The molecule has 8 nitrogen and oxygen atoms in total. The lowest BCUT2D eigenvalue weighted by atomic mass is 9.87. The molecule has 27 heavy (non-hydrogen) atoms. The first-order valence-corrected chi connectivity index (χ1v) is 10.4. The molecule has 0 bridgehead atoms. The van der Waals surface area contributed by atoms with E-state index in [4.69, 9.17) is 19.6 Å². The second-order valence-electron chi connectivity index (χ2n) is 8.07. The van der Waals surface area contributed by atoms with Crippen LogP contribution in [0.1, 0.15) is 60.1 Å². The largest absolute Gasteiger partial charge is 0.420 e. The van der Waals surface area contributed by atoms with Crippen LogP contribution in [0, 0.1) is 0 Å². The van der Waals surface area contributed by atoms with E-state index >= 15 is 0 Å². The van der Waals surface area contributed by atoms with E-state index in [-0.39, 0.29) is 29.6 Å². The Morgan fingerprint density at radius 3 is 2.56 bits per heavy atom. The smallest absolute Gasteiger partial charge is 0.167 e. The van der Waals surface area contributed by atoms with Gasteiger partial charge >= 0.3 is 0 Å². The lowest BCUT2D eigenvalue weighted by Crippen LogP contribution is -2.50. The van der Waals surface area contributed by atoms with Crippen molar-refractivity contribution in [3.63, 3.8) is 0 Å². The molecule has 0 spiro atoms. The van der Waals surface area contributed by atoms with Crippen molar-refractivity contribution < 1.29 is 13.9 Å². The van der Waals surface area contributed by atoms with Gasteiger partial charge in [-0.1, -0.05) is 13.8 Å². The number of ether oxygens (including phenoxy) is 2. The Labute approximate surface area is 163 Å². The monoisotopic (exact) mass is 393 g/mol. The third-order valence-corrected chi connectivity index (χ3v) is 6.21. The lowest BCUT2D eigenvalue weighted by Gasteiger charge is -2.40. The van der Waals surface area contributed by atoms with Crippen molar-refractivity contribution in [3.05, 3.63) is 12.7 Å². The second kappa shape index (κ2) is 7.46. The van der Waals surface area contributed by atoms with Crippen molar-refractivity contribution in [2.45, 2.75) is 83.5 Å². The first kappa shape index (κ1) is 20.2. The van der Waals surface area contributed by atoms with E-state index in [0.717, 1.165) is 12.8 Å². The van der Waals surface area contributed by atoms with Gasteiger partial charge < -0.3 is 19.6 Å². The average Bonchev–Trinajstić information content (AvgIpc) is 3.21. The minimum atomic E-state index is -0.346. The van der Waals surface area contributed by atoms with Gasteiger partial charge in [-0.25, -0.2) is 15.0 Å². The van der Waals surface area contributed by atoms with Crippen LogP contribution in [0.25, 0.3) is 11.2 Å². The van der Waals surface area contributed by atoms with Gasteiger partial charge in [0.2, 0.25) is 0 Å². The van der Waals surface area contributed by atoms with E-state index in [9.17, 15) is 0 Å². The number of hydrogen-bond donors (Lipinski definition) is 1. The Morgan fingerprint density at radius 1 is 1.26 bits per heavy atom. The van der Waals surface area contributed by atoms with Gasteiger partial charge in [-0.05, 0) is 33.6 Å². The number of hydrogen-bond acceptors (Lipinski definition) is 7. The van der Waals surface area contributed by atoms with Crippen molar-refractivity contribution in [1.82, 2.24) is 19.5 Å². The zero-order valence-electron chi connectivity index (χ0n) is 17.1. The summed E-state index contributed by atoms with van der Waals surface area (Å²) in [6.45, 7) is 10.5. The van der Waals surface area contributed by atoms with Crippen LogP contribution in [0.15, 0.2) is 12.7 Å². The Hall–Kier alpha value is -1.55. The summed E-state index contributed by atoms with van der Waals surface area (Å²) in [5.41, 5.74) is 6.58. The molecule has 3 heterocycles. The molecule has 0 aromatic carbocycles. The van der Waals surface area contributed by atoms with Crippen LogP contribution >= 0.6 is 0 Å². The highest BCUT2D eigenvalue weighted by atomic mass is 28.2. The molecule has 1 fully saturated rings. The predicted molar refractivity (Wildman–Crippen MR) is 107 cm³/mol. The highest BCUT2D eigenvalue weighted by Crippen LogP contribution is 2.42. The molecular weight excluding hydrogens is 362 g/mol. The maximum Gasteiger partial charge on any atom is 0.167 e. The molecule has 0 aliphatic carbocycles. The number of nitrogens with zero attached hydrogens (tertiary/aromatic N) is 4. The SMILES string of the molecule is CCC(CC)(O[SiH3])[C@H]1O[C@@H](n2cnc3c(N)ncnc32)C[C@@H]1OC(C)(C)C. The zero-order chi connectivity index (χ0) is 19.8. The van der Waals surface area contributed by atoms with Crippen molar-refractivity contribution in [3.8, 4) is 0 Å². The van der Waals surface area contributed by atoms with Crippen molar-refractivity contribution >= 4 is 27.5 Å². The van der Waals surface area contributed by atoms with Gasteiger partial charge in [0.05, 0.1) is 23.6 Å². The van der Waals surface area contributed by atoms with Gasteiger partial charge in [0.25, 0.3) is 0 Å². The van der Waals surface area contributed by atoms with Gasteiger partial charge in [-0.15, -0.1) is 0 Å². The van der Waals surface area contributed by atoms with E-state index in [0.29, 0.717) is 33.9 Å². The summed E-state index contributed by atoms with van der Waals surface area (Å²) >= 11 is 0. The highest BCUT2D eigenvalue weighted by molar-refractivity contribution is 5.98. The van der Waals surface area contributed by atoms with E-state index in [1.54, 1.807) is 6.33 Å². The van der Waals surface area contributed by atoms with Crippen LogP contribution in [0.2, 0.25) is 0 Å². The van der Waals surface area contributed by atoms with Crippen LogP contribution in [-0.2, 0) is 13.9 Å². The summed E-state index contributed by atoms with van der Waals surface area (Å²) < 4.78 is 21.0. The first-order chi connectivity index (χ1) is 12.7. The normalized spacial score (nSPS) is 24.1. The van der Waals surface area contributed by atoms with Crippen molar-refractivity contribution in [2.24, 2.45) is 0 Å². The van der Waals surface area contributed by atoms with E-state index < -0.39 is 0 Å². The van der Waals surface area contributed by atoms with Crippen LogP contribution in [0.5, 0.6) is 0 Å². The third-order valence-electron chi connectivity index (χ3n) is 5.40. The van der Waals surface area contributed by atoms with Gasteiger partial charge in [0, 0.05) is 6.42 Å². The molecule has 0 saturated carbocycles. The molecule has 2 N–H and O–H groups in total. The number of aromatic nitrogens is 4. The predicted octanol–water partition coefficient (Wildman–Crippen LogP) is 1.74. The highest BCUT2D eigenvalue weighted by Gasteiger charge is 2.50. The van der Waals surface area contributed by atoms with E-state index in [1.165, 1.54) is 6.33 Å². The molecule has 2 aromatic rings. The first-order valence-electron chi connectivity index (χ1n) is 9.56. The fourth-order valence-corrected chi connectivity index (χ4v) is 4.79. The van der Waals surface area contributed by atoms with Gasteiger partial charge in [0.1, 0.15) is 34.7 Å². The summed E-state index contributed by atoms with van der Waals surface area (Å²) in [5, 5.41) is 0. The molecule has 1 aliphatic heterocycles. The summed E-state index contributed by atoms with van der Waals surface area (Å²) in [4.78, 5) is 12.8. The van der Waals surface area contributed by atoms with Crippen molar-refractivity contribution in [2.75, 3.05) is 5.73 Å². The minimum Gasteiger partial charge on any atom is -0.420 e. The molecule has 2 aromatic heterocycles. The summed E-state index contributed by atoms with van der Waals surface area (Å²) in [6.07, 6.45) is 5.13. The average molecular weight is 394 g/mol. The van der Waals surface area contributed by atoms with Gasteiger partial charge in [0.15, 0.2) is 11.5 Å². The Bertz CT molecular complexity index is 779. The number of nitrogens with two attached hydrogens (primary N) is 1. The molecule has 150 valence electrons. The van der Waals surface area contributed by atoms with Crippen LogP contribution in [-0.4, -0.2) is 53.4 Å². The summed E-state index contributed by atoms with van der Waals surface area (Å²) in [5.74, 6) is 0.371. The quantitative estimate of drug-likeness (QED) is 0.747. The second-order valence-corrected chi connectivity index (χ2v) is 8.48. The summed E-state index contributed by atoms with van der Waals surface area (Å²) in [7, 11) is 0.646. The summed E-state index contributed by atoms with van der Waals surface area (Å²) in [6, 6.07) is 0. The van der Waals surface area contributed by atoms with E-state index in [2.05, 4.69) is 49.6 Å².